The van der Waals surface area contributed by atoms with E-state index < -0.39 is 0 Å². The highest BCUT2D eigenvalue weighted by Crippen LogP contribution is 2.35. The fraction of sp³-hybridized carbons (Fsp3) is 0.333. The summed E-state index contributed by atoms with van der Waals surface area (Å²) in [7, 11) is 0. The van der Waals surface area contributed by atoms with Crippen LogP contribution in [0.15, 0.2) is 47.3 Å². The number of nitrogen functional groups attached to an aromatic ring is 1. The number of para-hydroxylation sites is 1. The molecule has 5 nitrogen and oxygen atoms in total. The monoisotopic (exact) mass is 309 g/mol. The van der Waals surface area contributed by atoms with Gasteiger partial charge in [0.15, 0.2) is 0 Å². The van der Waals surface area contributed by atoms with Crippen LogP contribution >= 0.6 is 0 Å². The Balaban J connectivity index is 1.65. The Morgan fingerprint density at radius 2 is 1.87 bits per heavy atom. The number of anilines is 1. The van der Waals surface area contributed by atoms with Gasteiger partial charge in [-0.15, -0.1) is 0 Å². The molecule has 2 bridgehead atoms. The maximum atomic E-state index is 12.8. The predicted molar refractivity (Wildman–Crippen MR) is 88.3 cm³/mol. The van der Waals surface area contributed by atoms with Gasteiger partial charge in [-0.3, -0.25) is 9.59 Å². The normalized spacial score (nSPS) is 22.5. The lowest BCUT2D eigenvalue weighted by Gasteiger charge is -2.42. The van der Waals surface area contributed by atoms with Gasteiger partial charge in [0.25, 0.3) is 11.5 Å². The fourth-order valence-electron chi connectivity index (χ4n) is 3.92. The second-order valence-corrected chi connectivity index (χ2v) is 6.50. The van der Waals surface area contributed by atoms with Gasteiger partial charge in [-0.05, 0) is 30.5 Å². The first-order valence-electron chi connectivity index (χ1n) is 7.97. The van der Waals surface area contributed by atoms with Crippen LogP contribution in [0.1, 0.15) is 28.4 Å². The van der Waals surface area contributed by atoms with Gasteiger partial charge >= 0.3 is 0 Å². The molecule has 118 valence electrons. The number of rotatable bonds is 1. The SMILES string of the molecule is Nc1ccccc1C(=O)N1CC2C[C@@H](C1)Cn1c2cccc1=O. The standard InChI is InChI=1S/C18H19N3O2/c19-15-5-2-1-4-14(15)18(23)20-9-12-8-13(11-20)16-6-3-7-17(22)21(16)10-12/h1-7,12-13H,8-11,19H2/t12-,13?/m0/s1. The lowest BCUT2D eigenvalue weighted by Crippen LogP contribution is -2.49. The van der Waals surface area contributed by atoms with E-state index in [9.17, 15) is 9.59 Å². The molecule has 0 radical (unpaired) electrons. The van der Waals surface area contributed by atoms with Gasteiger partial charge in [-0.2, -0.15) is 0 Å². The van der Waals surface area contributed by atoms with Crippen molar-refractivity contribution in [3.05, 3.63) is 64.1 Å². The number of nitrogens with zero attached hydrogens (tertiary/aromatic N) is 2. The minimum Gasteiger partial charge on any atom is -0.398 e. The van der Waals surface area contributed by atoms with E-state index in [0.717, 1.165) is 12.1 Å². The Bertz CT molecular complexity index is 827. The number of likely N-dealkylation sites (tertiary alicyclic amines) is 1. The molecule has 4 rings (SSSR count). The quantitative estimate of drug-likeness (QED) is 0.815. The minimum atomic E-state index is -0.00970. The van der Waals surface area contributed by atoms with Crippen LogP contribution in [0.5, 0.6) is 0 Å². The van der Waals surface area contributed by atoms with Crippen molar-refractivity contribution in [3.8, 4) is 0 Å². The molecule has 2 aromatic rings. The maximum absolute atomic E-state index is 12.8. The van der Waals surface area contributed by atoms with E-state index in [0.29, 0.717) is 36.8 Å². The van der Waals surface area contributed by atoms with Crippen molar-refractivity contribution in [2.75, 3.05) is 18.8 Å². The summed E-state index contributed by atoms with van der Waals surface area (Å²) in [6.45, 7) is 2.02. The minimum absolute atomic E-state index is 0.00970. The molecule has 0 spiro atoms. The first kappa shape index (κ1) is 14.1. The molecule has 23 heavy (non-hydrogen) atoms. The van der Waals surface area contributed by atoms with E-state index in [2.05, 4.69) is 0 Å². The lowest BCUT2D eigenvalue weighted by molar-refractivity contribution is 0.0595. The van der Waals surface area contributed by atoms with E-state index in [1.807, 2.05) is 33.7 Å². The summed E-state index contributed by atoms with van der Waals surface area (Å²) in [4.78, 5) is 26.7. The first-order valence-corrected chi connectivity index (χ1v) is 7.97. The zero-order chi connectivity index (χ0) is 16.0. The van der Waals surface area contributed by atoms with E-state index in [1.54, 1.807) is 18.2 Å². The highest BCUT2D eigenvalue weighted by atomic mass is 16.2. The van der Waals surface area contributed by atoms with E-state index in [-0.39, 0.29) is 17.4 Å². The number of pyridine rings is 1. The zero-order valence-corrected chi connectivity index (χ0v) is 12.8. The van der Waals surface area contributed by atoms with Crippen LogP contribution < -0.4 is 11.3 Å². The molecule has 1 aromatic carbocycles. The summed E-state index contributed by atoms with van der Waals surface area (Å²) >= 11 is 0. The van der Waals surface area contributed by atoms with E-state index >= 15 is 0 Å². The van der Waals surface area contributed by atoms with Crippen LogP contribution in [0.25, 0.3) is 0 Å². The first-order chi connectivity index (χ1) is 11.1. The van der Waals surface area contributed by atoms with Crippen molar-refractivity contribution >= 4 is 11.6 Å². The lowest BCUT2D eigenvalue weighted by atomic mass is 9.83. The Kier molecular flexibility index (Phi) is 3.22. The van der Waals surface area contributed by atoms with Crippen LogP contribution in [-0.2, 0) is 6.54 Å². The molecular weight excluding hydrogens is 290 g/mol. The number of amides is 1. The topological polar surface area (TPSA) is 68.3 Å². The van der Waals surface area contributed by atoms with Crippen molar-refractivity contribution in [3.63, 3.8) is 0 Å². The van der Waals surface area contributed by atoms with Gasteiger partial charge in [0, 0.05) is 43.0 Å². The number of hydrogen-bond acceptors (Lipinski definition) is 3. The molecule has 1 fully saturated rings. The Labute approximate surface area is 134 Å². The second kappa shape index (κ2) is 5.26. The second-order valence-electron chi connectivity index (χ2n) is 6.50. The van der Waals surface area contributed by atoms with Crippen molar-refractivity contribution in [2.24, 2.45) is 5.92 Å². The number of piperidine rings is 1. The number of carbonyl (C=O) groups is 1. The number of fused-ring (bicyclic) bond motifs is 4. The molecule has 1 aromatic heterocycles. The number of carbonyl (C=O) groups excluding carboxylic acids is 1. The molecule has 5 heteroatoms. The Morgan fingerprint density at radius 3 is 2.70 bits per heavy atom. The maximum Gasteiger partial charge on any atom is 0.255 e. The Morgan fingerprint density at radius 1 is 1.04 bits per heavy atom. The fourth-order valence-corrected chi connectivity index (χ4v) is 3.92. The van der Waals surface area contributed by atoms with Crippen molar-refractivity contribution < 1.29 is 4.79 Å². The average Bonchev–Trinajstić information content (AvgIpc) is 2.55. The van der Waals surface area contributed by atoms with Crippen LogP contribution in [0, 0.1) is 5.92 Å². The van der Waals surface area contributed by atoms with Gasteiger partial charge in [-0.25, -0.2) is 0 Å². The summed E-state index contributed by atoms with van der Waals surface area (Å²) < 4.78 is 1.87. The number of benzene rings is 1. The number of aromatic nitrogens is 1. The third-order valence-corrected chi connectivity index (χ3v) is 4.96. The van der Waals surface area contributed by atoms with Gasteiger partial charge in [0.2, 0.25) is 0 Å². The summed E-state index contributed by atoms with van der Waals surface area (Å²) in [6, 6.07) is 12.6. The summed E-state index contributed by atoms with van der Waals surface area (Å²) in [5, 5.41) is 0. The van der Waals surface area contributed by atoms with Gasteiger partial charge in [-0.1, -0.05) is 18.2 Å². The van der Waals surface area contributed by atoms with Crippen LogP contribution in [0.2, 0.25) is 0 Å². The summed E-state index contributed by atoms with van der Waals surface area (Å²) in [6.07, 6.45) is 1.04. The van der Waals surface area contributed by atoms with Crippen molar-refractivity contribution in [2.45, 2.75) is 18.9 Å². The Hall–Kier alpha value is -2.56. The van der Waals surface area contributed by atoms with Gasteiger partial charge in [0.1, 0.15) is 0 Å². The van der Waals surface area contributed by atoms with Gasteiger partial charge < -0.3 is 15.2 Å². The van der Waals surface area contributed by atoms with E-state index in [4.69, 9.17) is 5.73 Å². The van der Waals surface area contributed by atoms with Gasteiger partial charge in [0.05, 0.1) is 5.56 Å². The third-order valence-electron chi connectivity index (χ3n) is 4.96. The van der Waals surface area contributed by atoms with Crippen LogP contribution in [0.4, 0.5) is 5.69 Å². The zero-order valence-electron chi connectivity index (χ0n) is 12.8. The average molecular weight is 309 g/mol. The summed E-state index contributed by atoms with van der Waals surface area (Å²) in [5.74, 6) is 0.546. The molecule has 2 N–H and O–H groups in total. The molecule has 2 aliphatic heterocycles. The largest absolute Gasteiger partial charge is 0.398 e. The number of hydrogen-bond donors (Lipinski definition) is 1. The molecule has 3 heterocycles. The summed E-state index contributed by atoms with van der Waals surface area (Å²) in [5.41, 5.74) is 8.14. The molecule has 0 aliphatic carbocycles. The highest BCUT2D eigenvalue weighted by Gasteiger charge is 2.36. The van der Waals surface area contributed by atoms with E-state index in [1.165, 1.54) is 0 Å². The molecule has 1 unspecified atom stereocenters. The van der Waals surface area contributed by atoms with Crippen LogP contribution in [-0.4, -0.2) is 28.5 Å². The molecule has 2 atom stereocenters. The van der Waals surface area contributed by atoms with Crippen LogP contribution in [0.3, 0.4) is 0 Å². The number of nitrogens with two attached hydrogens (primary N) is 1. The molecular formula is C18H19N3O2. The molecule has 0 saturated carbocycles. The predicted octanol–water partition coefficient (Wildman–Crippen LogP) is 1.69. The third kappa shape index (κ3) is 2.32. The molecule has 1 saturated heterocycles. The molecule has 2 aliphatic rings. The molecule has 1 amide bonds. The van der Waals surface area contributed by atoms with Crippen molar-refractivity contribution in [1.29, 1.82) is 0 Å². The highest BCUT2D eigenvalue weighted by molar-refractivity contribution is 5.99. The smallest absolute Gasteiger partial charge is 0.255 e. The van der Waals surface area contributed by atoms with Crippen molar-refractivity contribution in [1.82, 2.24) is 9.47 Å².